The summed E-state index contributed by atoms with van der Waals surface area (Å²) in [6.07, 6.45) is 9.75. The van der Waals surface area contributed by atoms with E-state index in [0.29, 0.717) is 13.0 Å². The molecule has 2 aromatic heterocycles. The van der Waals surface area contributed by atoms with Crippen molar-refractivity contribution in [3.63, 3.8) is 0 Å². The number of anilines is 1. The van der Waals surface area contributed by atoms with Gasteiger partial charge in [0.1, 0.15) is 5.82 Å². The topological polar surface area (TPSA) is 63.1 Å². The molecule has 0 saturated carbocycles. The van der Waals surface area contributed by atoms with Crippen molar-refractivity contribution in [2.24, 2.45) is 0 Å². The Balaban J connectivity index is 1.68. The van der Waals surface area contributed by atoms with Crippen LogP contribution in [0.3, 0.4) is 0 Å². The summed E-state index contributed by atoms with van der Waals surface area (Å²) in [6.45, 7) is 1.52. The molecule has 1 aliphatic rings. The number of hydrogen-bond acceptors (Lipinski definition) is 4. The third-order valence-electron chi connectivity index (χ3n) is 4.14. The van der Waals surface area contributed by atoms with Crippen LogP contribution in [0.15, 0.2) is 37.1 Å². The van der Waals surface area contributed by atoms with Gasteiger partial charge in [-0.25, -0.2) is 9.97 Å². The molecule has 22 heavy (non-hydrogen) atoms. The van der Waals surface area contributed by atoms with E-state index in [2.05, 4.69) is 15.3 Å². The number of carbonyl (C=O) groups excluding carboxylic acids is 1. The fraction of sp³-hybridized carbons (Fsp3) is 0.438. The maximum Gasteiger partial charge on any atom is 0.224 e. The molecule has 1 amide bonds. The molecule has 0 spiro atoms. The average Bonchev–Trinajstić information content (AvgIpc) is 3.24. The number of nitrogens with zero attached hydrogens (tertiary/aromatic N) is 4. The molecule has 1 fully saturated rings. The van der Waals surface area contributed by atoms with E-state index in [0.717, 1.165) is 30.8 Å². The van der Waals surface area contributed by atoms with Crippen LogP contribution in [-0.2, 0) is 11.3 Å². The second-order valence-electron chi connectivity index (χ2n) is 5.52. The van der Waals surface area contributed by atoms with Crippen molar-refractivity contribution in [2.75, 3.05) is 18.9 Å². The standard InChI is InChI=1S/C16H21N5O/c1-17-15-11-13(4-6-19-15)14-3-2-8-21(14)16(22)5-9-20-10-7-18-12-20/h4,6-7,10-12,14H,2-3,5,8-9H2,1H3,(H,17,19)/t14-/m1/s1. The maximum atomic E-state index is 12.5. The van der Waals surface area contributed by atoms with Gasteiger partial charge in [0.2, 0.25) is 5.91 Å². The smallest absolute Gasteiger partial charge is 0.224 e. The van der Waals surface area contributed by atoms with Gasteiger partial charge in [0, 0.05) is 45.1 Å². The molecule has 0 aliphatic carbocycles. The summed E-state index contributed by atoms with van der Waals surface area (Å²) >= 11 is 0. The molecule has 1 aliphatic heterocycles. The predicted octanol–water partition coefficient (Wildman–Crippen LogP) is 2.07. The van der Waals surface area contributed by atoms with Crippen molar-refractivity contribution in [1.82, 2.24) is 19.4 Å². The van der Waals surface area contributed by atoms with E-state index in [-0.39, 0.29) is 11.9 Å². The van der Waals surface area contributed by atoms with Crippen LogP contribution >= 0.6 is 0 Å². The molecule has 1 N–H and O–H groups in total. The Morgan fingerprint density at radius 2 is 2.36 bits per heavy atom. The van der Waals surface area contributed by atoms with Gasteiger partial charge in [-0.2, -0.15) is 0 Å². The van der Waals surface area contributed by atoms with Gasteiger partial charge < -0.3 is 14.8 Å². The average molecular weight is 299 g/mol. The first-order valence-corrected chi connectivity index (χ1v) is 7.67. The monoisotopic (exact) mass is 299 g/mol. The molecule has 2 aromatic rings. The second kappa shape index (κ2) is 6.60. The third-order valence-corrected chi connectivity index (χ3v) is 4.14. The largest absolute Gasteiger partial charge is 0.373 e. The number of nitrogens with one attached hydrogen (secondary N) is 1. The number of hydrogen-bond donors (Lipinski definition) is 1. The van der Waals surface area contributed by atoms with Gasteiger partial charge >= 0.3 is 0 Å². The predicted molar refractivity (Wildman–Crippen MR) is 84.3 cm³/mol. The van der Waals surface area contributed by atoms with Crippen molar-refractivity contribution in [3.8, 4) is 0 Å². The highest BCUT2D eigenvalue weighted by atomic mass is 16.2. The molecular formula is C16H21N5O. The minimum atomic E-state index is 0.172. The molecule has 116 valence electrons. The number of aryl methyl sites for hydroxylation is 1. The summed E-state index contributed by atoms with van der Waals surface area (Å²) in [6, 6.07) is 4.21. The van der Waals surface area contributed by atoms with Crippen molar-refractivity contribution in [3.05, 3.63) is 42.6 Å². The van der Waals surface area contributed by atoms with E-state index in [1.807, 2.05) is 34.8 Å². The SMILES string of the molecule is CNc1cc([C@H]2CCCN2C(=O)CCn2ccnc2)ccn1. The molecule has 0 aromatic carbocycles. The maximum absolute atomic E-state index is 12.5. The van der Waals surface area contributed by atoms with Gasteiger partial charge in [-0.3, -0.25) is 4.79 Å². The summed E-state index contributed by atoms with van der Waals surface area (Å²) in [5.74, 6) is 1.05. The lowest BCUT2D eigenvalue weighted by atomic mass is 10.1. The Morgan fingerprint density at radius 3 is 3.14 bits per heavy atom. The molecule has 3 rings (SSSR count). The Hall–Kier alpha value is -2.37. The zero-order chi connectivity index (χ0) is 15.4. The third kappa shape index (κ3) is 3.10. The van der Waals surface area contributed by atoms with Crippen molar-refractivity contribution < 1.29 is 4.79 Å². The Labute approximate surface area is 130 Å². The van der Waals surface area contributed by atoms with E-state index >= 15 is 0 Å². The Bertz CT molecular complexity index is 625. The van der Waals surface area contributed by atoms with E-state index < -0.39 is 0 Å². The fourth-order valence-electron chi connectivity index (χ4n) is 2.99. The summed E-state index contributed by atoms with van der Waals surface area (Å²) in [7, 11) is 1.86. The first-order chi connectivity index (χ1) is 10.8. The first-order valence-electron chi connectivity index (χ1n) is 7.67. The molecule has 6 nitrogen and oxygen atoms in total. The fourth-order valence-corrected chi connectivity index (χ4v) is 2.99. The van der Waals surface area contributed by atoms with Crippen LogP contribution in [0, 0.1) is 0 Å². The Morgan fingerprint density at radius 1 is 1.45 bits per heavy atom. The van der Waals surface area contributed by atoms with Gasteiger partial charge in [0.05, 0.1) is 12.4 Å². The van der Waals surface area contributed by atoms with Crippen molar-refractivity contribution in [2.45, 2.75) is 31.8 Å². The van der Waals surface area contributed by atoms with Crippen molar-refractivity contribution >= 4 is 11.7 Å². The van der Waals surface area contributed by atoms with Crippen LogP contribution in [0.5, 0.6) is 0 Å². The molecule has 1 atom stereocenters. The van der Waals surface area contributed by atoms with E-state index in [1.165, 1.54) is 0 Å². The lowest BCUT2D eigenvalue weighted by Crippen LogP contribution is -2.31. The minimum absolute atomic E-state index is 0.172. The summed E-state index contributed by atoms with van der Waals surface area (Å²) in [5.41, 5.74) is 1.16. The van der Waals surface area contributed by atoms with Gasteiger partial charge in [0.15, 0.2) is 0 Å². The van der Waals surface area contributed by atoms with Crippen LogP contribution in [-0.4, -0.2) is 38.9 Å². The van der Waals surface area contributed by atoms with Crippen LogP contribution in [0.25, 0.3) is 0 Å². The number of likely N-dealkylation sites (tertiary alicyclic amines) is 1. The number of pyridine rings is 1. The highest BCUT2D eigenvalue weighted by molar-refractivity contribution is 5.77. The lowest BCUT2D eigenvalue weighted by molar-refractivity contribution is -0.132. The van der Waals surface area contributed by atoms with E-state index in [4.69, 9.17) is 0 Å². The molecule has 3 heterocycles. The first kappa shape index (κ1) is 14.6. The zero-order valence-corrected chi connectivity index (χ0v) is 12.8. The summed E-state index contributed by atoms with van der Waals surface area (Å²) in [5, 5.41) is 3.05. The van der Waals surface area contributed by atoms with Gasteiger partial charge in [-0.1, -0.05) is 0 Å². The molecule has 6 heteroatoms. The summed E-state index contributed by atoms with van der Waals surface area (Å²) < 4.78 is 1.94. The minimum Gasteiger partial charge on any atom is -0.373 e. The molecular weight excluding hydrogens is 278 g/mol. The number of carbonyl (C=O) groups is 1. The molecule has 0 bridgehead atoms. The van der Waals surface area contributed by atoms with Crippen LogP contribution in [0.4, 0.5) is 5.82 Å². The number of imidazole rings is 1. The van der Waals surface area contributed by atoms with Gasteiger partial charge in [-0.05, 0) is 30.5 Å². The molecule has 1 saturated heterocycles. The van der Waals surface area contributed by atoms with Crippen molar-refractivity contribution in [1.29, 1.82) is 0 Å². The van der Waals surface area contributed by atoms with Gasteiger partial charge in [-0.15, -0.1) is 0 Å². The van der Waals surface area contributed by atoms with Crippen LogP contribution in [0.2, 0.25) is 0 Å². The van der Waals surface area contributed by atoms with E-state index in [1.54, 1.807) is 18.7 Å². The zero-order valence-electron chi connectivity index (χ0n) is 12.8. The van der Waals surface area contributed by atoms with E-state index in [9.17, 15) is 4.79 Å². The van der Waals surface area contributed by atoms with Crippen LogP contribution < -0.4 is 5.32 Å². The number of rotatable bonds is 5. The summed E-state index contributed by atoms with van der Waals surface area (Å²) in [4.78, 5) is 22.8. The second-order valence-corrected chi connectivity index (χ2v) is 5.52. The number of amides is 1. The van der Waals surface area contributed by atoms with Gasteiger partial charge in [0.25, 0.3) is 0 Å². The lowest BCUT2D eigenvalue weighted by Gasteiger charge is -2.25. The Kier molecular flexibility index (Phi) is 4.37. The molecule has 0 radical (unpaired) electrons. The molecule has 0 unspecified atom stereocenters. The highest BCUT2D eigenvalue weighted by Gasteiger charge is 2.29. The quantitative estimate of drug-likeness (QED) is 0.918. The van der Waals surface area contributed by atoms with Crippen LogP contribution in [0.1, 0.15) is 30.9 Å². The number of aromatic nitrogens is 3. The normalized spacial score (nSPS) is 17.7. The highest BCUT2D eigenvalue weighted by Crippen LogP contribution is 2.33.